The monoisotopic (exact) mass is 353 g/mol. The molecule has 140 valence electrons. The van der Waals surface area contributed by atoms with E-state index in [-0.39, 0.29) is 18.6 Å². The molecule has 1 amide bonds. The molecule has 25 heavy (non-hydrogen) atoms. The summed E-state index contributed by atoms with van der Waals surface area (Å²) in [6, 6.07) is -1.02. The van der Waals surface area contributed by atoms with Gasteiger partial charge in [0.15, 0.2) is 6.29 Å². The van der Waals surface area contributed by atoms with Crippen LogP contribution in [0.1, 0.15) is 57.7 Å². The Bertz CT molecular complexity index is 589. The molecule has 1 aliphatic heterocycles. The number of carboxylic acids is 1. The summed E-state index contributed by atoms with van der Waals surface area (Å²) < 4.78 is 7.50. The highest BCUT2D eigenvalue weighted by Crippen LogP contribution is 2.33. The Kier molecular flexibility index (Phi) is 6.95. The summed E-state index contributed by atoms with van der Waals surface area (Å²) in [7, 11) is 0. The number of imidazole rings is 1. The molecule has 0 spiro atoms. The second-order valence-electron chi connectivity index (χ2n) is 6.54. The van der Waals surface area contributed by atoms with Crippen LogP contribution in [0.5, 0.6) is 0 Å². The molecule has 1 aromatic rings. The van der Waals surface area contributed by atoms with E-state index < -0.39 is 24.2 Å². The van der Waals surface area contributed by atoms with Gasteiger partial charge in [0.05, 0.1) is 24.2 Å². The maximum Gasteiger partial charge on any atom is 0.326 e. The Hall–Kier alpha value is -1.93. The molecule has 2 heterocycles. The molecule has 3 N–H and O–H groups in total. The van der Waals surface area contributed by atoms with Gasteiger partial charge in [-0.3, -0.25) is 4.79 Å². The minimum atomic E-state index is -1.10. The average Bonchev–Trinajstić information content (AvgIpc) is 3.13. The fourth-order valence-electron chi connectivity index (χ4n) is 3.20. The first-order valence-corrected chi connectivity index (χ1v) is 8.76. The van der Waals surface area contributed by atoms with Crippen molar-refractivity contribution in [2.45, 2.75) is 76.9 Å². The first-order chi connectivity index (χ1) is 11.9. The van der Waals surface area contributed by atoms with Crippen LogP contribution >= 0.6 is 0 Å². The van der Waals surface area contributed by atoms with Gasteiger partial charge in [-0.05, 0) is 6.42 Å². The van der Waals surface area contributed by atoms with Gasteiger partial charge in [-0.25, -0.2) is 9.78 Å². The van der Waals surface area contributed by atoms with E-state index in [0.717, 1.165) is 25.7 Å². The van der Waals surface area contributed by atoms with Gasteiger partial charge in [0.1, 0.15) is 6.04 Å². The highest BCUT2D eigenvalue weighted by Gasteiger charge is 2.35. The fraction of sp³-hybridized carbons (Fsp3) is 0.706. The number of hydrogen-bond donors (Lipinski definition) is 3. The third-order valence-electron chi connectivity index (χ3n) is 4.42. The van der Waals surface area contributed by atoms with Crippen LogP contribution < -0.4 is 5.32 Å². The number of amides is 1. The van der Waals surface area contributed by atoms with E-state index in [9.17, 15) is 19.8 Å². The average molecular weight is 353 g/mol. The van der Waals surface area contributed by atoms with Crippen LogP contribution in [0, 0.1) is 0 Å². The Balaban J connectivity index is 2.03. The number of ether oxygens (including phenoxy) is 1. The molecular weight excluding hydrogens is 326 g/mol. The van der Waals surface area contributed by atoms with E-state index >= 15 is 0 Å². The number of nitrogens with one attached hydrogen (secondary N) is 1. The second-order valence-corrected chi connectivity index (χ2v) is 6.54. The van der Waals surface area contributed by atoms with E-state index in [1.807, 2.05) is 4.57 Å². The highest BCUT2D eigenvalue weighted by molar-refractivity contribution is 5.82. The van der Waals surface area contributed by atoms with Gasteiger partial charge in [0, 0.05) is 26.0 Å². The van der Waals surface area contributed by atoms with E-state index in [2.05, 4.69) is 17.2 Å². The standard InChI is InChI=1S/C17H27N3O5/c1-3-4-5-6-15-14(8-16(22)25-15)20-9-12(18-10-20)7-13(17(23)24)19-11(2)21/h9-10,13-16,22H,3-8H2,1-2H3,(H,19,21)(H,23,24)/t13-,14-,15+,16+/m0/s1. The molecule has 0 saturated carbocycles. The maximum absolute atomic E-state index is 11.2. The van der Waals surface area contributed by atoms with Crippen molar-refractivity contribution in [2.75, 3.05) is 0 Å². The van der Waals surface area contributed by atoms with Crippen molar-refractivity contribution in [3.05, 3.63) is 18.2 Å². The third kappa shape index (κ3) is 5.54. The second kappa shape index (κ2) is 8.96. The topological polar surface area (TPSA) is 114 Å². The van der Waals surface area contributed by atoms with Gasteiger partial charge < -0.3 is 24.8 Å². The predicted molar refractivity (Wildman–Crippen MR) is 89.8 cm³/mol. The zero-order chi connectivity index (χ0) is 18.4. The van der Waals surface area contributed by atoms with Crippen LogP contribution in [0.4, 0.5) is 0 Å². The lowest BCUT2D eigenvalue weighted by molar-refractivity contribution is -0.141. The zero-order valence-corrected chi connectivity index (χ0v) is 14.7. The lowest BCUT2D eigenvalue weighted by Crippen LogP contribution is -2.41. The smallest absolute Gasteiger partial charge is 0.326 e. The lowest BCUT2D eigenvalue weighted by Gasteiger charge is -2.19. The lowest BCUT2D eigenvalue weighted by atomic mass is 10.0. The molecule has 1 aromatic heterocycles. The largest absolute Gasteiger partial charge is 0.480 e. The number of aliphatic hydroxyl groups is 1. The number of nitrogens with zero attached hydrogens (tertiary/aromatic N) is 2. The molecule has 4 atom stereocenters. The van der Waals surface area contributed by atoms with Crippen LogP contribution in [0.25, 0.3) is 0 Å². The maximum atomic E-state index is 11.2. The Labute approximate surface area is 147 Å². The van der Waals surface area contributed by atoms with Crippen LogP contribution in [0.2, 0.25) is 0 Å². The van der Waals surface area contributed by atoms with Crippen molar-refractivity contribution < 1.29 is 24.5 Å². The van der Waals surface area contributed by atoms with E-state index in [0.29, 0.717) is 12.1 Å². The van der Waals surface area contributed by atoms with E-state index in [1.54, 1.807) is 12.5 Å². The number of aromatic nitrogens is 2. The number of rotatable bonds is 9. The molecule has 8 heteroatoms. The summed E-state index contributed by atoms with van der Waals surface area (Å²) in [6.45, 7) is 3.42. The normalized spacial score (nSPS) is 24.2. The van der Waals surface area contributed by atoms with Crippen molar-refractivity contribution in [2.24, 2.45) is 0 Å². The summed E-state index contributed by atoms with van der Waals surface area (Å²) in [4.78, 5) is 26.6. The van der Waals surface area contributed by atoms with Gasteiger partial charge in [0.25, 0.3) is 0 Å². The first kappa shape index (κ1) is 19.4. The van der Waals surface area contributed by atoms with Gasteiger partial charge in [0.2, 0.25) is 5.91 Å². The number of aliphatic hydroxyl groups excluding tert-OH is 1. The molecule has 0 aliphatic carbocycles. The SMILES string of the molecule is CCCCC[C@H]1O[C@@H](O)C[C@@H]1n1cnc(C[C@H](NC(C)=O)C(=O)O)c1. The molecular formula is C17H27N3O5. The predicted octanol–water partition coefficient (Wildman–Crippen LogP) is 1.24. The van der Waals surface area contributed by atoms with Crippen LogP contribution in [-0.4, -0.2) is 50.1 Å². The molecule has 8 nitrogen and oxygen atoms in total. The summed E-state index contributed by atoms with van der Waals surface area (Å²) in [6.07, 6.45) is 7.30. The molecule has 0 aromatic carbocycles. The number of carbonyl (C=O) groups excluding carboxylic acids is 1. The fourth-order valence-corrected chi connectivity index (χ4v) is 3.20. The van der Waals surface area contributed by atoms with Gasteiger partial charge in [-0.15, -0.1) is 0 Å². The van der Waals surface area contributed by atoms with Crippen molar-refractivity contribution in [3.8, 4) is 0 Å². The minimum absolute atomic E-state index is 0.0165. The molecule has 0 unspecified atom stereocenters. The number of hydrogen-bond acceptors (Lipinski definition) is 5. The molecule has 0 bridgehead atoms. The number of unbranched alkanes of at least 4 members (excludes halogenated alkanes) is 2. The quantitative estimate of drug-likeness (QED) is 0.576. The molecule has 2 rings (SSSR count). The van der Waals surface area contributed by atoms with E-state index in [4.69, 9.17) is 4.74 Å². The minimum Gasteiger partial charge on any atom is -0.480 e. The van der Waals surface area contributed by atoms with Gasteiger partial charge >= 0.3 is 5.97 Å². The van der Waals surface area contributed by atoms with Crippen molar-refractivity contribution in [1.82, 2.24) is 14.9 Å². The van der Waals surface area contributed by atoms with Crippen LogP contribution in [-0.2, 0) is 20.7 Å². The van der Waals surface area contributed by atoms with Crippen molar-refractivity contribution >= 4 is 11.9 Å². The molecule has 1 fully saturated rings. The number of carboxylic acid groups (broad SMARTS) is 1. The molecule has 1 saturated heterocycles. The highest BCUT2D eigenvalue weighted by atomic mass is 16.6. The summed E-state index contributed by atoms with van der Waals surface area (Å²) in [5, 5.41) is 21.4. The summed E-state index contributed by atoms with van der Waals surface area (Å²) in [5.74, 6) is -1.49. The summed E-state index contributed by atoms with van der Waals surface area (Å²) in [5.41, 5.74) is 0.579. The number of aliphatic carboxylic acids is 1. The Morgan fingerprint density at radius 1 is 1.48 bits per heavy atom. The van der Waals surface area contributed by atoms with Crippen molar-refractivity contribution in [3.63, 3.8) is 0 Å². The van der Waals surface area contributed by atoms with Crippen molar-refractivity contribution in [1.29, 1.82) is 0 Å². The van der Waals surface area contributed by atoms with Crippen LogP contribution in [0.3, 0.4) is 0 Å². The van der Waals surface area contributed by atoms with Crippen LogP contribution in [0.15, 0.2) is 12.5 Å². The van der Waals surface area contributed by atoms with Gasteiger partial charge in [-0.1, -0.05) is 26.2 Å². The van der Waals surface area contributed by atoms with Gasteiger partial charge in [-0.2, -0.15) is 0 Å². The third-order valence-corrected chi connectivity index (χ3v) is 4.42. The molecule has 1 aliphatic rings. The van der Waals surface area contributed by atoms with E-state index in [1.165, 1.54) is 6.92 Å². The Morgan fingerprint density at radius 2 is 2.24 bits per heavy atom. The number of carbonyl (C=O) groups is 2. The molecule has 0 radical (unpaired) electrons. The Morgan fingerprint density at radius 3 is 2.88 bits per heavy atom. The first-order valence-electron chi connectivity index (χ1n) is 8.76. The zero-order valence-electron chi connectivity index (χ0n) is 14.7. The summed E-state index contributed by atoms with van der Waals surface area (Å²) >= 11 is 0.